The zero-order chi connectivity index (χ0) is 24.1. The van der Waals surface area contributed by atoms with Gasteiger partial charge < -0.3 is 5.32 Å². The lowest BCUT2D eigenvalue weighted by molar-refractivity contribution is -0.115. The van der Waals surface area contributed by atoms with Crippen molar-refractivity contribution in [3.05, 3.63) is 88.1 Å². The first-order valence-corrected chi connectivity index (χ1v) is 13.0. The Morgan fingerprint density at radius 2 is 2.00 bits per heavy atom. The van der Waals surface area contributed by atoms with E-state index in [1.54, 1.807) is 0 Å². The summed E-state index contributed by atoms with van der Waals surface area (Å²) in [6.07, 6.45) is 4.35. The van der Waals surface area contributed by atoms with Crippen molar-refractivity contribution in [3.8, 4) is 6.07 Å². The van der Waals surface area contributed by atoms with E-state index in [4.69, 9.17) is 4.98 Å². The molecule has 0 spiro atoms. The quantitative estimate of drug-likeness (QED) is 0.396. The summed E-state index contributed by atoms with van der Waals surface area (Å²) in [6.45, 7) is 6.12. The minimum Gasteiger partial charge on any atom is -0.325 e. The number of carbonyl (C=O) groups is 1. The number of nitrogens with one attached hydrogen (secondary N) is 1. The monoisotopic (exact) mass is 469 g/mol. The number of nitrogens with zero attached hydrogens (tertiary/aromatic N) is 2. The number of hydrogen-bond acceptors (Lipinski definition) is 4. The lowest BCUT2D eigenvalue weighted by Gasteiger charge is -2.25. The lowest BCUT2D eigenvalue weighted by atomic mass is 9.82. The van der Waals surface area contributed by atoms with Crippen LogP contribution in [0.5, 0.6) is 0 Å². The van der Waals surface area contributed by atoms with E-state index in [0.717, 1.165) is 53.8 Å². The van der Waals surface area contributed by atoms with Crippen LogP contribution in [0.25, 0.3) is 0 Å². The molecule has 34 heavy (non-hydrogen) atoms. The Morgan fingerprint density at radius 3 is 2.71 bits per heavy atom. The van der Waals surface area contributed by atoms with Crippen LogP contribution >= 0.6 is 11.8 Å². The second-order valence-electron chi connectivity index (χ2n) is 8.88. The van der Waals surface area contributed by atoms with Crippen molar-refractivity contribution in [1.29, 1.82) is 5.26 Å². The van der Waals surface area contributed by atoms with Gasteiger partial charge in [-0.05, 0) is 73.3 Å². The normalized spacial score (nSPS) is 15.8. The molecule has 2 aromatic carbocycles. The first-order chi connectivity index (χ1) is 16.5. The van der Waals surface area contributed by atoms with Crippen molar-refractivity contribution < 1.29 is 4.79 Å². The maximum Gasteiger partial charge on any atom is 0.237 e. The van der Waals surface area contributed by atoms with Gasteiger partial charge in [0.2, 0.25) is 5.91 Å². The maximum absolute atomic E-state index is 13.2. The summed E-state index contributed by atoms with van der Waals surface area (Å²) in [5.74, 6) is 0.417. The highest BCUT2D eigenvalue weighted by Gasteiger charge is 2.26. The van der Waals surface area contributed by atoms with Crippen molar-refractivity contribution in [1.82, 2.24) is 4.98 Å². The van der Waals surface area contributed by atoms with Gasteiger partial charge in [0.15, 0.2) is 0 Å². The van der Waals surface area contributed by atoms with Crippen LogP contribution in [0.3, 0.4) is 0 Å². The Hall–Kier alpha value is -3.10. The number of aryl methyl sites for hydroxylation is 3. The number of fused-ring (bicyclic) bond motifs is 1. The first-order valence-electron chi connectivity index (χ1n) is 12.1. The number of thioether (sulfide) groups is 1. The molecule has 0 bridgehead atoms. The molecule has 0 aliphatic heterocycles. The molecule has 2 unspecified atom stereocenters. The van der Waals surface area contributed by atoms with E-state index in [1.807, 2.05) is 38.1 Å². The number of aromatic nitrogens is 1. The Bertz CT molecular complexity index is 1220. The van der Waals surface area contributed by atoms with Crippen molar-refractivity contribution in [2.45, 2.75) is 69.1 Å². The fourth-order valence-corrected chi connectivity index (χ4v) is 5.68. The van der Waals surface area contributed by atoms with Gasteiger partial charge in [0, 0.05) is 11.4 Å². The van der Waals surface area contributed by atoms with Gasteiger partial charge in [-0.15, -0.1) is 0 Å². The molecule has 0 saturated heterocycles. The van der Waals surface area contributed by atoms with Crippen LogP contribution in [0, 0.1) is 18.3 Å². The molecule has 1 aliphatic rings. The first kappa shape index (κ1) is 24.0. The summed E-state index contributed by atoms with van der Waals surface area (Å²) in [5.41, 5.74) is 7.22. The highest BCUT2D eigenvalue weighted by Crippen LogP contribution is 2.36. The topological polar surface area (TPSA) is 65.8 Å². The molecule has 4 nitrogen and oxygen atoms in total. The van der Waals surface area contributed by atoms with Gasteiger partial charge in [0.25, 0.3) is 0 Å². The number of rotatable bonds is 7. The van der Waals surface area contributed by atoms with Crippen LogP contribution in [0.1, 0.15) is 66.1 Å². The van der Waals surface area contributed by atoms with Crippen molar-refractivity contribution >= 4 is 23.4 Å². The summed E-state index contributed by atoms with van der Waals surface area (Å²) in [6, 6.07) is 21.0. The molecule has 3 aromatic rings. The molecule has 5 heteroatoms. The molecule has 1 aliphatic carbocycles. The van der Waals surface area contributed by atoms with Crippen LogP contribution in [0.2, 0.25) is 0 Å². The van der Waals surface area contributed by atoms with Crippen molar-refractivity contribution in [2.75, 3.05) is 5.32 Å². The third kappa shape index (κ3) is 5.18. The highest BCUT2D eigenvalue weighted by atomic mass is 32.2. The number of nitriles is 1. The molecule has 0 saturated carbocycles. The zero-order valence-electron chi connectivity index (χ0n) is 20.1. The highest BCUT2D eigenvalue weighted by molar-refractivity contribution is 8.00. The smallest absolute Gasteiger partial charge is 0.237 e. The summed E-state index contributed by atoms with van der Waals surface area (Å²) >= 11 is 1.41. The van der Waals surface area contributed by atoms with E-state index in [2.05, 4.69) is 48.6 Å². The Morgan fingerprint density at radius 1 is 1.21 bits per heavy atom. The summed E-state index contributed by atoms with van der Waals surface area (Å²) in [5, 5.41) is 13.4. The van der Waals surface area contributed by atoms with Gasteiger partial charge in [0.05, 0.1) is 10.8 Å². The van der Waals surface area contributed by atoms with Gasteiger partial charge in [-0.3, -0.25) is 4.79 Å². The molecule has 1 amide bonds. The number of anilines is 1. The van der Waals surface area contributed by atoms with Crippen LogP contribution < -0.4 is 5.32 Å². The van der Waals surface area contributed by atoms with Gasteiger partial charge >= 0.3 is 0 Å². The molecule has 0 fully saturated rings. The predicted octanol–water partition coefficient (Wildman–Crippen LogP) is 6.61. The van der Waals surface area contributed by atoms with E-state index in [0.29, 0.717) is 22.9 Å². The second kappa shape index (κ2) is 10.9. The summed E-state index contributed by atoms with van der Waals surface area (Å²) in [4.78, 5) is 18.1. The Kier molecular flexibility index (Phi) is 7.70. The number of carbonyl (C=O) groups excluding carboxylic acids is 1. The second-order valence-corrected chi connectivity index (χ2v) is 10.1. The summed E-state index contributed by atoms with van der Waals surface area (Å²) in [7, 11) is 0. The van der Waals surface area contributed by atoms with E-state index < -0.39 is 0 Å². The van der Waals surface area contributed by atoms with Crippen LogP contribution in [0.4, 0.5) is 5.69 Å². The molecule has 174 valence electrons. The standard InChI is InChI=1S/C29H31N3OS/c1-4-20-13-9-10-19(3)27(20)32-28(33)26(5-2)34-29-24(18-30)17-23-16-22(14-15-25(23)31-29)21-11-7-6-8-12-21/h6-13,17,22,26H,4-5,14-16H2,1-3H3,(H,32,33). The van der Waals surface area contributed by atoms with Gasteiger partial charge in [-0.25, -0.2) is 4.98 Å². The molecule has 1 aromatic heterocycles. The van der Waals surface area contributed by atoms with Crippen LogP contribution in [0.15, 0.2) is 59.6 Å². The van der Waals surface area contributed by atoms with Crippen LogP contribution in [-0.2, 0) is 24.1 Å². The SMILES string of the molecule is CCc1cccc(C)c1NC(=O)C(CC)Sc1nc2c(cc1C#N)CC(c1ccccc1)CC2. The summed E-state index contributed by atoms with van der Waals surface area (Å²) < 4.78 is 0. The molecule has 1 N–H and O–H groups in total. The number of para-hydroxylation sites is 1. The number of benzene rings is 2. The fourth-order valence-electron chi connectivity index (χ4n) is 4.69. The molecule has 0 radical (unpaired) electrons. The third-order valence-electron chi connectivity index (χ3n) is 6.65. The molecule has 1 heterocycles. The average molecular weight is 470 g/mol. The van der Waals surface area contributed by atoms with E-state index in [1.165, 1.54) is 17.3 Å². The zero-order valence-corrected chi connectivity index (χ0v) is 20.9. The number of hydrogen-bond donors (Lipinski definition) is 1. The fraction of sp³-hybridized carbons (Fsp3) is 0.345. The van der Waals surface area contributed by atoms with Crippen LogP contribution in [-0.4, -0.2) is 16.1 Å². The van der Waals surface area contributed by atoms with E-state index in [-0.39, 0.29) is 11.2 Å². The average Bonchev–Trinajstić information content (AvgIpc) is 2.87. The molecule has 2 atom stereocenters. The third-order valence-corrected chi connectivity index (χ3v) is 8.02. The van der Waals surface area contributed by atoms with Crippen molar-refractivity contribution in [2.24, 2.45) is 0 Å². The molecule has 4 rings (SSSR count). The number of amides is 1. The van der Waals surface area contributed by atoms with Crippen molar-refractivity contribution in [3.63, 3.8) is 0 Å². The number of pyridine rings is 1. The molecular weight excluding hydrogens is 438 g/mol. The predicted molar refractivity (Wildman–Crippen MR) is 139 cm³/mol. The lowest BCUT2D eigenvalue weighted by Crippen LogP contribution is -2.26. The van der Waals surface area contributed by atoms with Gasteiger partial charge in [-0.2, -0.15) is 5.26 Å². The largest absolute Gasteiger partial charge is 0.325 e. The Balaban J connectivity index is 1.54. The Labute approximate surface area is 206 Å². The molecular formula is C29H31N3OS. The maximum atomic E-state index is 13.2. The minimum atomic E-state index is -0.317. The van der Waals surface area contributed by atoms with Gasteiger partial charge in [-0.1, -0.05) is 74.1 Å². The van der Waals surface area contributed by atoms with E-state index >= 15 is 0 Å². The van der Waals surface area contributed by atoms with E-state index in [9.17, 15) is 10.1 Å². The minimum absolute atomic E-state index is 0.0379. The van der Waals surface area contributed by atoms with Gasteiger partial charge in [0.1, 0.15) is 11.1 Å².